The van der Waals surface area contributed by atoms with Gasteiger partial charge in [-0.25, -0.2) is 0 Å². The van der Waals surface area contributed by atoms with Crippen LogP contribution in [0.2, 0.25) is 0 Å². The van der Waals surface area contributed by atoms with E-state index in [9.17, 15) is 4.79 Å². The van der Waals surface area contributed by atoms with E-state index in [1.54, 1.807) is 0 Å². The Labute approximate surface area is 128 Å². The molecule has 0 aliphatic rings. The molecule has 118 valence electrons. The van der Waals surface area contributed by atoms with E-state index in [0.717, 1.165) is 17.7 Å². The summed E-state index contributed by atoms with van der Waals surface area (Å²) in [6.45, 7) is 5.52. The van der Waals surface area contributed by atoms with Crippen molar-refractivity contribution in [2.45, 2.75) is 46.1 Å². The molecule has 0 saturated carbocycles. The van der Waals surface area contributed by atoms with Crippen LogP contribution >= 0.6 is 0 Å². The lowest BCUT2D eigenvalue weighted by atomic mass is 10.0. The zero-order chi connectivity index (χ0) is 15.5. The van der Waals surface area contributed by atoms with Crippen LogP contribution in [0, 0.1) is 5.92 Å². The summed E-state index contributed by atoms with van der Waals surface area (Å²) in [6, 6.07) is 7.56. The molecule has 21 heavy (non-hydrogen) atoms. The molecule has 0 fully saturated rings. The number of ether oxygens (including phenoxy) is 1. The fourth-order valence-electron chi connectivity index (χ4n) is 2.22. The van der Waals surface area contributed by atoms with Gasteiger partial charge in [0.1, 0.15) is 6.61 Å². The quantitative estimate of drug-likeness (QED) is 0.695. The average Bonchev–Trinajstić information content (AvgIpc) is 2.51. The molecule has 4 heteroatoms. The first-order valence-corrected chi connectivity index (χ1v) is 7.86. The molecular formula is C17H28N2O2. The molecule has 0 spiro atoms. The van der Waals surface area contributed by atoms with E-state index in [2.05, 4.69) is 19.2 Å². The molecule has 1 unspecified atom stereocenters. The van der Waals surface area contributed by atoms with E-state index in [1.165, 1.54) is 19.3 Å². The van der Waals surface area contributed by atoms with Gasteiger partial charge >= 0.3 is 0 Å². The number of benzene rings is 1. The first kappa shape index (κ1) is 17.7. The lowest BCUT2D eigenvalue weighted by Gasteiger charge is -2.15. The Balaban J connectivity index is 2.33. The Hall–Kier alpha value is -1.39. The van der Waals surface area contributed by atoms with Gasteiger partial charge in [-0.15, -0.1) is 0 Å². The molecule has 0 aliphatic carbocycles. The van der Waals surface area contributed by atoms with Crippen LogP contribution in [0.25, 0.3) is 0 Å². The predicted octanol–water partition coefficient (Wildman–Crippen LogP) is 3.32. The second-order valence-electron chi connectivity index (χ2n) is 5.34. The number of nitrogens with two attached hydrogens (primary N) is 1. The molecule has 0 aliphatic heterocycles. The van der Waals surface area contributed by atoms with Gasteiger partial charge in [0.2, 0.25) is 5.91 Å². The Bertz CT molecular complexity index is 421. The highest BCUT2D eigenvalue weighted by atomic mass is 16.5. The number of carbonyl (C=O) groups is 1. The van der Waals surface area contributed by atoms with Crippen molar-refractivity contribution in [2.75, 3.05) is 18.5 Å². The number of anilines is 1. The third-order valence-electron chi connectivity index (χ3n) is 3.64. The number of hydrogen-bond acceptors (Lipinski definition) is 3. The molecule has 0 bridgehead atoms. The third-order valence-corrected chi connectivity index (χ3v) is 3.64. The molecule has 1 rings (SSSR count). The lowest BCUT2D eigenvalue weighted by Crippen LogP contribution is -2.21. The van der Waals surface area contributed by atoms with E-state index in [-0.39, 0.29) is 12.5 Å². The molecule has 0 radical (unpaired) electrons. The molecule has 1 aromatic carbocycles. The summed E-state index contributed by atoms with van der Waals surface area (Å²) >= 11 is 0. The number of hydrogen-bond donors (Lipinski definition) is 2. The van der Waals surface area contributed by atoms with Crippen molar-refractivity contribution in [1.29, 1.82) is 0 Å². The van der Waals surface area contributed by atoms with E-state index < -0.39 is 0 Å². The van der Waals surface area contributed by atoms with Gasteiger partial charge in [-0.1, -0.05) is 51.3 Å². The van der Waals surface area contributed by atoms with E-state index in [1.807, 2.05) is 24.3 Å². The highest BCUT2D eigenvalue weighted by Gasteiger charge is 2.09. The first-order chi connectivity index (χ1) is 10.2. The smallest absolute Gasteiger partial charge is 0.250 e. The second-order valence-corrected chi connectivity index (χ2v) is 5.34. The van der Waals surface area contributed by atoms with E-state index in [4.69, 9.17) is 10.5 Å². The van der Waals surface area contributed by atoms with Crippen LogP contribution in [-0.2, 0) is 16.1 Å². The molecule has 0 saturated heterocycles. The molecule has 4 nitrogen and oxygen atoms in total. The van der Waals surface area contributed by atoms with Gasteiger partial charge in [0.25, 0.3) is 0 Å². The summed E-state index contributed by atoms with van der Waals surface area (Å²) in [4.78, 5) is 11.9. The molecule has 0 aromatic heterocycles. The summed E-state index contributed by atoms with van der Waals surface area (Å²) in [5.41, 5.74) is 7.35. The van der Waals surface area contributed by atoms with Gasteiger partial charge in [-0.2, -0.15) is 0 Å². The number of rotatable bonds is 10. The second kappa shape index (κ2) is 10.4. The molecular weight excluding hydrogens is 264 g/mol. The molecule has 1 atom stereocenters. The maximum Gasteiger partial charge on any atom is 0.250 e. The fourth-order valence-corrected chi connectivity index (χ4v) is 2.22. The Morgan fingerprint density at radius 1 is 1.33 bits per heavy atom. The molecule has 3 N–H and O–H groups in total. The van der Waals surface area contributed by atoms with Gasteiger partial charge in [0.15, 0.2) is 0 Å². The van der Waals surface area contributed by atoms with E-state index >= 15 is 0 Å². The summed E-state index contributed by atoms with van der Waals surface area (Å²) < 4.78 is 5.55. The maximum absolute atomic E-state index is 11.9. The number of unbranched alkanes of at least 4 members (excludes halogenated alkanes) is 1. The number of para-hydroxylation sites is 1. The topological polar surface area (TPSA) is 64.3 Å². The Morgan fingerprint density at radius 3 is 2.76 bits per heavy atom. The summed E-state index contributed by atoms with van der Waals surface area (Å²) in [6.07, 6.45) is 4.69. The highest BCUT2D eigenvalue weighted by Crippen LogP contribution is 2.15. The minimum Gasteiger partial charge on any atom is -0.371 e. The summed E-state index contributed by atoms with van der Waals surface area (Å²) in [7, 11) is 0. The molecule has 1 amide bonds. The monoisotopic (exact) mass is 292 g/mol. The minimum atomic E-state index is -0.124. The van der Waals surface area contributed by atoms with Crippen molar-refractivity contribution in [3.8, 4) is 0 Å². The van der Waals surface area contributed by atoms with Gasteiger partial charge in [0, 0.05) is 12.2 Å². The average molecular weight is 292 g/mol. The largest absolute Gasteiger partial charge is 0.371 e. The van der Waals surface area contributed by atoms with Crippen molar-refractivity contribution < 1.29 is 9.53 Å². The fraction of sp³-hybridized carbons (Fsp3) is 0.588. The number of nitrogens with one attached hydrogen (secondary N) is 1. The third kappa shape index (κ3) is 6.74. The Kier molecular flexibility index (Phi) is 8.71. The normalized spacial score (nSPS) is 12.1. The highest BCUT2D eigenvalue weighted by molar-refractivity contribution is 5.92. The van der Waals surface area contributed by atoms with Crippen LogP contribution < -0.4 is 11.1 Å². The maximum atomic E-state index is 11.9. The zero-order valence-corrected chi connectivity index (χ0v) is 13.2. The van der Waals surface area contributed by atoms with Crippen molar-refractivity contribution in [3.63, 3.8) is 0 Å². The van der Waals surface area contributed by atoms with Crippen LogP contribution in [0.15, 0.2) is 24.3 Å². The molecule has 1 aromatic rings. The van der Waals surface area contributed by atoms with Crippen LogP contribution in [0.5, 0.6) is 0 Å². The van der Waals surface area contributed by atoms with Crippen LogP contribution in [0.1, 0.15) is 45.1 Å². The summed E-state index contributed by atoms with van der Waals surface area (Å²) in [5.74, 6) is 0.426. The van der Waals surface area contributed by atoms with Gasteiger partial charge in [-0.05, 0) is 24.0 Å². The number of amides is 1. The van der Waals surface area contributed by atoms with E-state index in [0.29, 0.717) is 19.1 Å². The lowest BCUT2D eigenvalue weighted by molar-refractivity contribution is -0.121. The first-order valence-electron chi connectivity index (χ1n) is 7.86. The van der Waals surface area contributed by atoms with Gasteiger partial charge in [0.05, 0.1) is 6.61 Å². The van der Waals surface area contributed by atoms with Crippen LogP contribution in [-0.4, -0.2) is 19.1 Å². The van der Waals surface area contributed by atoms with Crippen molar-refractivity contribution in [1.82, 2.24) is 0 Å². The van der Waals surface area contributed by atoms with Gasteiger partial charge in [-0.3, -0.25) is 4.79 Å². The van der Waals surface area contributed by atoms with Crippen molar-refractivity contribution >= 4 is 11.6 Å². The zero-order valence-electron chi connectivity index (χ0n) is 13.2. The van der Waals surface area contributed by atoms with Gasteiger partial charge < -0.3 is 15.8 Å². The van der Waals surface area contributed by atoms with Crippen LogP contribution in [0.4, 0.5) is 5.69 Å². The Morgan fingerprint density at radius 2 is 2.10 bits per heavy atom. The SMILES string of the molecule is CCCCC(CC)COCC(=O)Nc1ccccc1CN. The van der Waals surface area contributed by atoms with Crippen molar-refractivity contribution in [2.24, 2.45) is 11.7 Å². The van der Waals surface area contributed by atoms with Crippen LogP contribution in [0.3, 0.4) is 0 Å². The standard InChI is InChI=1S/C17H28N2O2/c1-3-5-8-14(4-2)12-21-13-17(20)19-16-10-7-6-9-15(16)11-18/h6-7,9-10,14H,3-5,8,11-13,18H2,1-2H3,(H,19,20). The predicted molar refractivity (Wildman–Crippen MR) is 87.1 cm³/mol. The van der Waals surface area contributed by atoms with Crippen molar-refractivity contribution in [3.05, 3.63) is 29.8 Å². The number of carbonyl (C=O) groups excluding carboxylic acids is 1. The summed E-state index contributed by atoms with van der Waals surface area (Å²) in [5, 5.41) is 2.85. The molecule has 0 heterocycles. The minimum absolute atomic E-state index is 0.0987.